The predicted octanol–water partition coefficient (Wildman–Crippen LogP) is 4.10. The minimum absolute atomic E-state index is 0.723. The van der Waals surface area contributed by atoms with Crippen LogP contribution in [-0.2, 0) is 0 Å². The molecule has 0 aliphatic carbocycles. The van der Waals surface area contributed by atoms with Crippen LogP contribution in [0.1, 0.15) is 11.1 Å². The highest BCUT2D eigenvalue weighted by Gasteiger charge is 2.00. The van der Waals surface area contributed by atoms with Crippen molar-refractivity contribution in [1.82, 2.24) is 4.98 Å². The number of nitrogens with zero attached hydrogens (tertiary/aromatic N) is 1. The molecule has 0 fully saturated rings. The summed E-state index contributed by atoms with van der Waals surface area (Å²) in [6.07, 6.45) is 1.79. The molecule has 0 aliphatic heterocycles. The van der Waals surface area contributed by atoms with Crippen LogP contribution in [0, 0.1) is 13.8 Å². The van der Waals surface area contributed by atoms with Crippen molar-refractivity contribution in [3.63, 3.8) is 0 Å². The first kappa shape index (κ1) is 11.0. The largest absolute Gasteiger partial charge is 0.340 e. The molecule has 2 nitrogen and oxygen atoms in total. The Morgan fingerprint density at radius 1 is 1.12 bits per heavy atom. The predicted molar refractivity (Wildman–Crippen MR) is 68.4 cm³/mol. The molecule has 0 atom stereocenters. The molecule has 0 saturated heterocycles. The van der Waals surface area contributed by atoms with Gasteiger partial charge >= 0.3 is 0 Å². The summed E-state index contributed by atoms with van der Waals surface area (Å²) in [7, 11) is 0. The van der Waals surface area contributed by atoms with Gasteiger partial charge in [-0.2, -0.15) is 0 Å². The van der Waals surface area contributed by atoms with E-state index in [2.05, 4.69) is 10.3 Å². The molecule has 0 radical (unpaired) electrons. The van der Waals surface area contributed by atoms with E-state index in [4.69, 9.17) is 11.6 Å². The summed E-state index contributed by atoms with van der Waals surface area (Å²) in [5, 5.41) is 3.98. The third-order valence-corrected chi connectivity index (χ3v) is 2.61. The second-order valence-corrected chi connectivity index (χ2v) is 4.24. The van der Waals surface area contributed by atoms with Crippen LogP contribution in [0.15, 0.2) is 36.5 Å². The number of hydrogen-bond acceptors (Lipinski definition) is 2. The molecule has 0 saturated carbocycles. The van der Waals surface area contributed by atoms with E-state index in [-0.39, 0.29) is 0 Å². The van der Waals surface area contributed by atoms with Gasteiger partial charge in [0, 0.05) is 16.9 Å². The highest BCUT2D eigenvalue weighted by Crippen LogP contribution is 2.23. The maximum Gasteiger partial charge on any atom is 0.130 e. The minimum atomic E-state index is 0.723. The van der Waals surface area contributed by atoms with Crippen molar-refractivity contribution in [2.75, 3.05) is 5.32 Å². The fraction of sp³-hybridized carbons (Fsp3) is 0.154. The van der Waals surface area contributed by atoms with Gasteiger partial charge in [-0.05, 0) is 49.2 Å². The van der Waals surface area contributed by atoms with Gasteiger partial charge in [0.1, 0.15) is 5.82 Å². The highest BCUT2D eigenvalue weighted by molar-refractivity contribution is 6.30. The van der Waals surface area contributed by atoms with Crippen LogP contribution < -0.4 is 5.32 Å². The fourth-order valence-electron chi connectivity index (χ4n) is 1.47. The van der Waals surface area contributed by atoms with Crippen LogP contribution >= 0.6 is 11.6 Å². The maximum atomic E-state index is 5.95. The van der Waals surface area contributed by atoms with E-state index in [1.54, 1.807) is 6.20 Å². The van der Waals surface area contributed by atoms with Crippen molar-refractivity contribution >= 4 is 23.1 Å². The molecule has 3 heteroatoms. The number of halogens is 1. The lowest BCUT2D eigenvalue weighted by Crippen LogP contribution is -1.95. The summed E-state index contributed by atoms with van der Waals surface area (Å²) in [5.41, 5.74) is 3.32. The van der Waals surface area contributed by atoms with E-state index < -0.39 is 0 Å². The topological polar surface area (TPSA) is 24.9 Å². The molecule has 0 aliphatic rings. The number of nitrogens with one attached hydrogen (secondary N) is 1. The summed E-state index contributed by atoms with van der Waals surface area (Å²) in [6, 6.07) is 9.74. The summed E-state index contributed by atoms with van der Waals surface area (Å²) in [5.74, 6) is 0.838. The Labute approximate surface area is 100 Å². The van der Waals surface area contributed by atoms with Gasteiger partial charge in [0.25, 0.3) is 0 Å². The van der Waals surface area contributed by atoms with Gasteiger partial charge in [0.2, 0.25) is 0 Å². The van der Waals surface area contributed by atoms with Crippen LogP contribution in [0.4, 0.5) is 11.5 Å². The van der Waals surface area contributed by atoms with Gasteiger partial charge in [0.15, 0.2) is 0 Å². The molecule has 1 aromatic heterocycles. The zero-order valence-electron chi connectivity index (χ0n) is 9.29. The fourth-order valence-corrected chi connectivity index (χ4v) is 1.64. The van der Waals surface area contributed by atoms with E-state index in [0.717, 1.165) is 22.1 Å². The highest BCUT2D eigenvalue weighted by atomic mass is 35.5. The molecule has 2 rings (SSSR count). The first-order valence-electron chi connectivity index (χ1n) is 5.11. The van der Waals surface area contributed by atoms with Crippen LogP contribution in [-0.4, -0.2) is 4.98 Å². The number of anilines is 2. The van der Waals surface area contributed by atoms with Crippen LogP contribution in [0.2, 0.25) is 5.02 Å². The summed E-state index contributed by atoms with van der Waals surface area (Å²) < 4.78 is 0. The molecule has 0 spiro atoms. The minimum Gasteiger partial charge on any atom is -0.340 e. The van der Waals surface area contributed by atoms with Crippen LogP contribution in [0.5, 0.6) is 0 Å². The summed E-state index contributed by atoms with van der Waals surface area (Å²) >= 11 is 5.95. The Balaban J connectivity index is 2.30. The van der Waals surface area contributed by atoms with Gasteiger partial charge in [-0.3, -0.25) is 0 Å². The number of benzene rings is 1. The van der Waals surface area contributed by atoms with Gasteiger partial charge in [-0.25, -0.2) is 4.98 Å². The average molecular weight is 233 g/mol. The second-order valence-electron chi connectivity index (χ2n) is 3.80. The molecule has 2 aromatic rings. The van der Waals surface area contributed by atoms with E-state index in [1.165, 1.54) is 5.56 Å². The lowest BCUT2D eigenvalue weighted by atomic mass is 10.2. The van der Waals surface area contributed by atoms with Crippen molar-refractivity contribution in [2.24, 2.45) is 0 Å². The maximum absolute atomic E-state index is 5.95. The average Bonchev–Trinajstić information content (AvgIpc) is 2.24. The van der Waals surface area contributed by atoms with E-state index in [9.17, 15) is 0 Å². The van der Waals surface area contributed by atoms with E-state index in [1.807, 2.05) is 44.2 Å². The first-order valence-corrected chi connectivity index (χ1v) is 5.49. The molecule has 0 unspecified atom stereocenters. The Bertz CT molecular complexity index is 509. The quantitative estimate of drug-likeness (QED) is 0.844. The van der Waals surface area contributed by atoms with Gasteiger partial charge in [-0.1, -0.05) is 17.7 Å². The Hall–Kier alpha value is -1.54. The van der Waals surface area contributed by atoms with Crippen molar-refractivity contribution in [2.45, 2.75) is 13.8 Å². The Kier molecular flexibility index (Phi) is 3.11. The molecule has 1 aromatic carbocycles. The monoisotopic (exact) mass is 232 g/mol. The standard InChI is InChI=1S/C13H13ClN2/c1-9-5-6-15-13(7-9)16-12-8-11(14)4-3-10(12)2/h3-8H,1-2H3,(H,15,16). The Morgan fingerprint density at radius 3 is 2.69 bits per heavy atom. The van der Waals surface area contributed by atoms with Gasteiger partial charge in [-0.15, -0.1) is 0 Å². The SMILES string of the molecule is Cc1ccnc(Nc2cc(Cl)ccc2C)c1. The molecule has 1 N–H and O–H groups in total. The Morgan fingerprint density at radius 2 is 1.94 bits per heavy atom. The summed E-state index contributed by atoms with van der Waals surface area (Å²) in [4.78, 5) is 4.25. The third-order valence-electron chi connectivity index (χ3n) is 2.38. The third kappa shape index (κ3) is 2.52. The number of rotatable bonds is 2. The van der Waals surface area contributed by atoms with Crippen molar-refractivity contribution < 1.29 is 0 Å². The molecular weight excluding hydrogens is 220 g/mol. The molecule has 0 amide bonds. The van der Waals surface area contributed by atoms with Crippen LogP contribution in [0.3, 0.4) is 0 Å². The molecule has 0 bridgehead atoms. The van der Waals surface area contributed by atoms with Gasteiger partial charge < -0.3 is 5.32 Å². The normalized spacial score (nSPS) is 10.2. The van der Waals surface area contributed by atoms with E-state index >= 15 is 0 Å². The number of aromatic nitrogens is 1. The van der Waals surface area contributed by atoms with E-state index in [0.29, 0.717) is 0 Å². The van der Waals surface area contributed by atoms with Gasteiger partial charge in [0.05, 0.1) is 0 Å². The number of hydrogen-bond donors (Lipinski definition) is 1. The van der Waals surface area contributed by atoms with Crippen molar-refractivity contribution in [1.29, 1.82) is 0 Å². The number of pyridine rings is 1. The van der Waals surface area contributed by atoms with Crippen LogP contribution in [0.25, 0.3) is 0 Å². The molecule has 16 heavy (non-hydrogen) atoms. The molecule has 82 valence electrons. The first-order chi connectivity index (χ1) is 7.65. The lowest BCUT2D eigenvalue weighted by Gasteiger charge is -2.09. The number of aryl methyl sites for hydroxylation is 2. The smallest absolute Gasteiger partial charge is 0.130 e. The zero-order valence-corrected chi connectivity index (χ0v) is 10.0. The lowest BCUT2D eigenvalue weighted by molar-refractivity contribution is 1.27. The molecule has 1 heterocycles. The summed E-state index contributed by atoms with van der Waals surface area (Å²) in [6.45, 7) is 4.08. The second kappa shape index (κ2) is 4.54. The zero-order chi connectivity index (χ0) is 11.5. The van der Waals surface area contributed by atoms with Crippen molar-refractivity contribution in [3.05, 3.63) is 52.7 Å². The van der Waals surface area contributed by atoms with Crippen molar-refractivity contribution in [3.8, 4) is 0 Å². The molecular formula is C13H13ClN2.